The van der Waals surface area contributed by atoms with Crippen LogP contribution in [-0.4, -0.2) is 88.2 Å². The van der Waals surface area contributed by atoms with Gasteiger partial charge in [-0.2, -0.15) is 4.91 Å². The first-order chi connectivity index (χ1) is 27.8. The molecule has 0 spiro atoms. The number of hydrogen-bond acceptors (Lipinski definition) is 12. The van der Waals surface area contributed by atoms with Crippen LogP contribution in [0.15, 0.2) is 5.18 Å². The first-order valence-corrected chi connectivity index (χ1v) is 23.1. The van der Waals surface area contributed by atoms with Crippen molar-refractivity contribution in [1.29, 1.82) is 0 Å². The molecule has 0 radical (unpaired) electrons. The molecule has 0 aliphatic carbocycles. The second-order valence-electron chi connectivity index (χ2n) is 15.5. The molecule has 0 aromatic rings. The minimum absolute atomic E-state index is 0.0154. The first kappa shape index (κ1) is 54.2. The minimum Gasteiger partial charge on any atom is -0.465 e. The summed E-state index contributed by atoms with van der Waals surface area (Å²) in [6, 6.07) is 0. The molecule has 0 aromatic carbocycles. The van der Waals surface area contributed by atoms with Crippen molar-refractivity contribution >= 4 is 24.1 Å². The maximum Gasteiger partial charge on any atom is 0.508 e. The Labute approximate surface area is 346 Å². The summed E-state index contributed by atoms with van der Waals surface area (Å²) in [7, 11) is 0. The van der Waals surface area contributed by atoms with Crippen molar-refractivity contribution in [3.8, 4) is 0 Å². The van der Waals surface area contributed by atoms with Crippen LogP contribution in [-0.2, 0) is 38.1 Å². The van der Waals surface area contributed by atoms with Crippen molar-refractivity contribution < 1.29 is 42.9 Å². The summed E-state index contributed by atoms with van der Waals surface area (Å²) >= 11 is 0. The zero-order chi connectivity index (χ0) is 42.0. The molecule has 12 nitrogen and oxygen atoms in total. The van der Waals surface area contributed by atoms with Crippen LogP contribution in [0.25, 0.3) is 0 Å². The number of carbonyl (C=O) groups is 4. The number of unbranched alkanes of at least 4 members (excludes halogenated alkanes) is 17. The molecule has 0 N–H and O–H groups in total. The molecule has 0 aliphatic heterocycles. The summed E-state index contributed by atoms with van der Waals surface area (Å²) in [6.07, 6.45) is 24.1. The molecule has 0 bridgehead atoms. The van der Waals surface area contributed by atoms with E-state index in [-0.39, 0.29) is 69.6 Å². The van der Waals surface area contributed by atoms with Crippen LogP contribution < -0.4 is 0 Å². The van der Waals surface area contributed by atoms with Crippen molar-refractivity contribution in [3.05, 3.63) is 4.91 Å². The second-order valence-corrected chi connectivity index (χ2v) is 15.5. The topological polar surface area (TPSA) is 147 Å². The fourth-order valence-electron chi connectivity index (χ4n) is 6.64. The fourth-order valence-corrected chi connectivity index (χ4v) is 6.64. The van der Waals surface area contributed by atoms with Crippen molar-refractivity contribution in [2.24, 2.45) is 17.0 Å². The zero-order valence-electron chi connectivity index (χ0n) is 36.9. The number of rotatable bonds is 42. The van der Waals surface area contributed by atoms with Crippen LogP contribution in [0, 0.1) is 16.7 Å². The van der Waals surface area contributed by atoms with E-state index >= 15 is 0 Å². The lowest BCUT2D eigenvalue weighted by Crippen LogP contribution is -2.27. The number of hydrogen-bond donors (Lipinski definition) is 0. The standard InChI is InChI=1S/C45H84N2O10/c1-5-9-11-13-16-22-29-41(30-23-17-14-12-10-6-2)44(50)53-35-27-21-15-18-24-31-42(48)55-37-40(38-56-43(49)32-25-19-20-26-33-46-52)39-57-45(51)54-36-28-34-47(7-3)8-4/h40-41H,5-39H2,1-4H3. The van der Waals surface area contributed by atoms with Gasteiger partial charge in [0.15, 0.2) is 0 Å². The monoisotopic (exact) mass is 813 g/mol. The molecule has 0 saturated heterocycles. The number of carbonyl (C=O) groups excluding carboxylic acids is 4. The summed E-state index contributed by atoms with van der Waals surface area (Å²) in [5.74, 6) is -1.28. The van der Waals surface area contributed by atoms with Crippen LogP contribution >= 0.6 is 0 Å². The molecule has 57 heavy (non-hydrogen) atoms. The predicted octanol–water partition coefficient (Wildman–Crippen LogP) is 11.3. The summed E-state index contributed by atoms with van der Waals surface area (Å²) in [5.41, 5.74) is 0. The summed E-state index contributed by atoms with van der Waals surface area (Å²) in [5, 5.41) is 2.84. The third kappa shape index (κ3) is 36.1. The van der Waals surface area contributed by atoms with Gasteiger partial charge in [-0.3, -0.25) is 14.4 Å². The smallest absolute Gasteiger partial charge is 0.465 e. The lowest BCUT2D eigenvalue weighted by molar-refractivity contribution is -0.151. The molecule has 0 fully saturated rings. The normalized spacial score (nSPS) is 11.8. The van der Waals surface area contributed by atoms with E-state index in [2.05, 4.69) is 37.8 Å². The van der Waals surface area contributed by atoms with Gasteiger partial charge in [-0.25, -0.2) is 4.79 Å². The molecular weight excluding hydrogens is 728 g/mol. The Morgan fingerprint density at radius 1 is 0.491 bits per heavy atom. The molecule has 0 heterocycles. The predicted molar refractivity (Wildman–Crippen MR) is 227 cm³/mol. The molecule has 0 aromatic heterocycles. The van der Waals surface area contributed by atoms with Crippen LogP contribution in [0.5, 0.6) is 0 Å². The van der Waals surface area contributed by atoms with Crippen LogP contribution in [0.2, 0.25) is 0 Å². The van der Waals surface area contributed by atoms with Gasteiger partial charge in [0.1, 0.15) is 19.8 Å². The highest BCUT2D eigenvalue weighted by Crippen LogP contribution is 2.21. The molecule has 12 heteroatoms. The van der Waals surface area contributed by atoms with E-state index in [9.17, 15) is 24.1 Å². The van der Waals surface area contributed by atoms with Crippen LogP contribution in [0.3, 0.4) is 0 Å². The largest absolute Gasteiger partial charge is 0.508 e. The van der Waals surface area contributed by atoms with Gasteiger partial charge >= 0.3 is 24.1 Å². The highest BCUT2D eigenvalue weighted by atomic mass is 16.7. The maximum atomic E-state index is 13.0. The SMILES string of the molecule is CCCCCCCCC(CCCCCCCC)C(=O)OCCCCCCCC(=O)OCC(COC(=O)CCCCCCN=O)COC(=O)OCCCN(CC)CC. The van der Waals surface area contributed by atoms with Crippen molar-refractivity contribution in [1.82, 2.24) is 4.90 Å². The summed E-state index contributed by atoms with van der Waals surface area (Å²) < 4.78 is 27.1. The van der Waals surface area contributed by atoms with Gasteiger partial charge in [0.25, 0.3) is 0 Å². The second kappa shape index (κ2) is 41.4. The van der Waals surface area contributed by atoms with E-state index in [1.807, 2.05) is 0 Å². The third-order valence-corrected chi connectivity index (χ3v) is 10.4. The molecule has 0 rings (SSSR count). The van der Waals surface area contributed by atoms with Crippen molar-refractivity contribution in [2.75, 3.05) is 59.2 Å². The lowest BCUT2D eigenvalue weighted by atomic mass is 9.94. The summed E-state index contributed by atoms with van der Waals surface area (Å²) in [6.45, 7) is 12.0. The Bertz CT molecular complexity index is 962. The van der Waals surface area contributed by atoms with Crippen molar-refractivity contribution in [2.45, 2.75) is 195 Å². The Hall–Kier alpha value is -2.76. The van der Waals surface area contributed by atoms with E-state index in [0.717, 1.165) is 83.8 Å². The van der Waals surface area contributed by atoms with E-state index in [0.29, 0.717) is 32.3 Å². The number of ether oxygens (including phenoxy) is 5. The van der Waals surface area contributed by atoms with E-state index in [4.69, 9.17) is 23.7 Å². The van der Waals surface area contributed by atoms with Gasteiger partial charge in [0.2, 0.25) is 0 Å². The fraction of sp³-hybridized carbons (Fsp3) is 0.911. The first-order valence-electron chi connectivity index (χ1n) is 23.1. The molecule has 334 valence electrons. The van der Waals surface area contributed by atoms with Gasteiger partial charge in [0.05, 0.1) is 31.6 Å². The molecular formula is C45H84N2O10. The quantitative estimate of drug-likeness (QED) is 0.0251. The average Bonchev–Trinajstić information content (AvgIpc) is 3.21. The van der Waals surface area contributed by atoms with Crippen molar-refractivity contribution in [3.63, 3.8) is 0 Å². The minimum atomic E-state index is -0.807. The molecule has 1 atom stereocenters. The average molecular weight is 813 g/mol. The number of esters is 3. The van der Waals surface area contributed by atoms with E-state index < -0.39 is 12.1 Å². The van der Waals surface area contributed by atoms with Gasteiger partial charge in [-0.1, -0.05) is 142 Å². The Kier molecular flexibility index (Phi) is 39.4. The highest BCUT2D eigenvalue weighted by molar-refractivity contribution is 5.72. The van der Waals surface area contributed by atoms with Gasteiger partial charge in [-0.15, -0.1) is 0 Å². The highest BCUT2D eigenvalue weighted by Gasteiger charge is 2.20. The molecule has 0 saturated carbocycles. The number of nitrogens with zero attached hydrogens (tertiary/aromatic N) is 2. The molecule has 1 unspecified atom stereocenters. The van der Waals surface area contributed by atoms with Crippen LogP contribution in [0.4, 0.5) is 4.79 Å². The Morgan fingerprint density at radius 3 is 1.47 bits per heavy atom. The summed E-state index contributed by atoms with van der Waals surface area (Å²) in [4.78, 5) is 62.5. The Balaban J connectivity index is 4.54. The van der Waals surface area contributed by atoms with Gasteiger partial charge in [-0.05, 0) is 58.0 Å². The van der Waals surface area contributed by atoms with Gasteiger partial charge < -0.3 is 28.6 Å². The van der Waals surface area contributed by atoms with Gasteiger partial charge in [0, 0.05) is 19.4 Å². The van der Waals surface area contributed by atoms with E-state index in [1.54, 1.807) is 0 Å². The number of nitroso groups, excluding NO2 is 1. The third-order valence-electron chi connectivity index (χ3n) is 10.4. The van der Waals surface area contributed by atoms with E-state index in [1.165, 1.54) is 64.2 Å². The molecule has 0 aliphatic rings. The molecule has 0 amide bonds. The lowest BCUT2D eigenvalue weighted by Gasteiger charge is -2.18. The van der Waals surface area contributed by atoms with Crippen LogP contribution in [0.1, 0.15) is 195 Å². The zero-order valence-corrected chi connectivity index (χ0v) is 36.9. The maximum absolute atomic E-state index is 13.0. The Morgan fingerprint density at radius 2 is 0.947 bits per heavy atom.